The normalized spacial score (nSPS) is 13.8. The molecule has 1 aliphatic heterocycles. The predicted molar refractivity (Wildman–Crippen MR) is 105 cm³/mol. The second-order valence-electron chi connectivity index (χ2n) is 6.40. The Morgan fingerprint density at radius 1 is 1.11 bits per heavy atom. The molecule has 1 aliphatic rings. The van der Waals surface area contributed by atoms with Gasteiger partial charge in [0.15, 0.2) is 0 Å². The van der Waals surface area contributed by atoms with E-state index in [0.29, 0.717) is 25.2 Å². The summed E-state index contributed by atoms with van der Waals surface area (Å²) < 4.78 is 5.34. The van der Waals surface area contributed by atoms with E-state index in [1.807, 2.05) is 53.4 Å². The Morgan fingerprint density at radius 3 is 2.56 bits per heavy atom. The Labute approximate surface area is 160 Å². The second kappa shape index (κ2) is 8.95. The van der Waals surface area contributed by atoms with Crippen molar-refractivity contribution in [3.63, 3.8) is 0 Å². The molecule has 27 heavy (non-hydrogen) atoms. The maximum absolute atomic E-state index is 12.4. The number of ether oxygens (including phenoxy) is 1. The first-order valence-corrected chi connectivity index (χ1v) is 9.11. The van der Waals surface area contributed by atoms with Crippen molar-refractivity contribution in [1.29, 1.82) is 5.26 Å². The summed E-state index contributed by atoms with van der Waals surface area (Å²) in [4.78, 5) is 16.4. The summed E-state index contributed by atoms with van der Waals surface area (Å²) in [5.41, 5.74) is 2.70. The van der Waals surface area contributed by atoms with Crippen molar-refractivity contribution in [2.45, 2.75) is 6.42 Å². The number of hydrogen-bond donors (Lipinski definition) is 1. The van der Waals surface area contributed by atoms with Crippen LogP contribution in [0.25, 0.3) is 0 Å². The van der Waals surface area contributed by atoms with Gasteiger partial charge in [0.1, 0.15) is 11.8 Å². The number of hydrogen-bond acceptors (Lipinski definition) is 4. The number of methoxy groups -OCH3 is 1. The number of nitrogens with zero attached hydrogens (tertiary/aromatic N) is 3. The van der Waals surface area contributed by atoms with Crippen LogP contribution in [0.15, 0.2) is 48.5 Å². The Bertz CT molecular complexity index is 823. The average molecular weight is 364 g/mol. The molecule has 0 saturated carbocycles. The van der Waals surface area contributed by atoms with E-state index in [4.69, 9.17) is 4.74 Å². The standard InChI is InChI=1S/C21H24N4O2/c1-27-20-9-5-3-6-17(20)10-11-23-21(26)25-14-12-24(13-15-25)19-8-4-2-7-18(19)16-22/h2-9H,10-15H2,1H3,(H,23,26). The minimum atomic E-state index is -0.0434. The maximum atomic E-state index is 12.4. The second-order valence-corrected chi connectivity index (χ2v) is 6.40. The van der Waals surface area contributed by atoms with E-state index >= 15 is 0 Å². The highest BCUT2D eigenvalue weighted by molar-refractivity contribution is 5.74. The van der Waals surface area contributed by atoms with Gasteiger partial charge in [-0.2, -0.15) is 5.26 Å². The van der Waals surface area contributed by atoms with Crippen molar-refractivity contribution in [1.82, 2.24) is 10.2 Å². The highest BCUT2D eigenvalue weighted by Crippen LogP contribution is 2.21. The van der Waals surface area contributed by atoms with Crippen LogP contribution in [-0.4, -0.2) is 50.8 Å². The van der Waals surface area contributed by atoms with Crippen LogP contribution in [0.3, 0.4) is 0 Å². The zero-order chi connectivity index (χ0) is 19.1. The number of piperazine rings is 1. The number of amides is 2. The van der Waals surface area contributed by atoms with Gasteiger partial charge in [0, 0.05) is 32.7 Å². The molecule has 2 aromatic carbocycles. The molecule has 0 atom stereocenters. The highest BCUT2D eigenvalue weighted by Gasteiger charge is 2.22. The molecule has 0 aromatic heterocycles. The van der Waals surface area contributed by atoms with E-state index in [0.717, 1.165) is 36.5 Å². The number of benzene rings is 2. The summed E-state index contributed by atoms with van der Waals surface area (Å²) in [6.07, 6.45) is 0.727. The first-order valence-electron chi connectivity index (χ1n) is 9.11. The van der Waals surface area contributed by atoms with E-state index in [-0.39, 0.29) is 6.03 Å². The van der Waals surface area contributed by atoms with Gasteiger partial charge in [-0.3, -0.25) is 0 Å². The third-order valence-corrected chi connectivity index (χ3v) is 4.80. The van der Waals surface area contributed by atoms with Crippen molar-refractivity contribution in [3.8, 4) is 11.8 Å². The Hall–Kier alpha value is -3.20. The first-order chi connectivity index (χ1) is 13.2. The lowest BCUT2D eigenvalue weighted by atomic mass is 10.1. The summed E-state index contributed by atoms with van der Waals surface area (Å²) in [5, 5.41) is 12.2. The summed E-state index contributed by atoms with van der Waals surface area (Å²) in [6.45, 7) is 3.29. The average Bonchev–Trinajstić information content (AvgIpc) is 2.74. The molecule has 0 spiro atoms. The maximum Gasteiger partial charge on any atom is 0.317 e. The van der Waals surface area contributed by atoms with Gasteiger partial charge in [0.2, 0.25) is 0 Å². The van der Waals surface area contributed by atoms with E-state index in [2.05, 4.69) is 16.3 Å². The number of nitriles is 1. The number of anilines is 1. The molecular weight excluding hydrogens is 340 g/mol. The van der Waals surface area contributed by atoms with Crippen LogP contribution < -0.4 is 15.0 Å². The van der Waals surface area contributed by atoms with Gasteiger partial charge in [-0.05, 0) is 30.2 Å². The van der Waals surface area contributed by atoms with E-state index < -0.39 is 0 Å². The van der Waals surface area contributed by atoms with Gasteiger partial charge in [0.25, 0.3) is 0 Å². The van der Waals surface area contributed by atoms with Gasteiger partial charge in [-0.15, -0.1) is 0 Å². The number of urea groups is 1. The predicted octanol–water partition coefficient (Wildman–Crippen LogP) is 2.64. The number of carbonyl (C=O) groups is 1. The van der Waals surface area contributed by atoms with Crippen molar-refractivity contribution in [2.75, 3.05) is 44.7 Å². The molecule has 6 heteroatoms. The van der Waals surface area contributed by atoms with Crippen LogP contribution in [0.5, 0.6) is 5.75 Å². The number of nitrogens with one attached hydrogen (secondary N) is 1. The smallest absolute Gasteiger partial charge is 0.317 e. The van der Waals surface area contributed by atoms with Crippen LogP contribution in [0.4, 0.5) is 10.5 Å². The van der Waals surface area contributed by atoms with Crippen LogP contribution in [0.1, 0.15) is 11.1 Å². The summed E-state index contributed by atoms with van der Waals surface area (Å²) in [5.74, 6) is 0.844. The summed E-state index contributed by atoms with van der Waals surface area (Å²) in [7, 11) is 1.65. The molecule has 1 N–H and O–H groups in total. The van der Waals surface area contributed by atoms with E-state index in [9.17, 15) is 10.1 Å². The first kappa shape index (κ1) is 18.6. The van der Waals surface area contributed by atoms with Crippen molar-refractivity contribution >= 4 is 11.7 Å². The molecule has 0 bridgehead atoms. The molecule has 0 radical (unpaired) electrons. The summed E-state index contributed by atoms with van der Waals surface area (Å²) in [6, 6.07) is 17.6. The Morgan fingerprint density at radius 2 is 1.81 bits per heavy atom. The third-order valence-electron chi connectivity index (χ3n) is 4.80. The molecule has 2 amide bonds. The zero-order valence-electron chi connectivity index (χ0n) is 15.5. The van der Waals surface area contributed by atoms with Gasteiger partial charge in [-0.1, -0.05) is 30.3 Å². The fourth-order valence-electron chi connectivity index (χ4n) is 3.32. The van der Waals surface area contributed by atoms with Crippen LogP contribution in [0.2, 0.25) is 0 Å². The van der Waals surface area contributed by atoms with Crippen LogP contribution >= 0.6 is 0 Å². The zero-order valence-corrected chi connectivity index (χ0v) is 15.5. The molecule has 0 unspecified atom stereocenters. The third kappa shape index (κ3) is 4.50. The molecule has 1 saturated heterocycles. The molecular formula is C21H24N4O2. The topological polar surface area (TPSA) is 68.6 Å². The molecule has 3 rings (SSSR count). The van der Waals surface area contributed by atoms with Crippen molar-refractivity contribution in [2.24, 2.45) is 0 Å². The lowest BCUT2D eigenvalue weighted by molar-refractivity contribution is 0.194. The minimum Gasteiger partial charge on any atom is -0.496 e. The van der Waals surface area contributed by atoms with Gasteiger partial charge in [-0.25, -0.2) is 4.79 Å². The van der Waals surface area contributed by atoms with Crippen molar-refractivity contribution < 1.29 is 9.53 Å². The molecule has 1 fully saturated rings. The van der Waals surface area contributed by atoms with E-state index in [1.165, 1.54) is 0 Å². The number of para-hydroxylation sites is 2. The minimum absolute atomic E-state index is 0.0434. The van der Waals surface area contributed by atoms with E-state index in [1.54, 1.807) is 7.11 Å². The van der Waals surface area contributed by atoms with Gasteiger partial charge in [0.05, 0.1) is 18.4 Å². The van der Waals surface area contributed by atoms with Crippen molar-refractivity contribution in [3.05, 3.63) is 59.7 Å². The Kier molecular flexibility index (Phi) is 6.16. The lowest BCUT2D eigenvalue weighted by Gasteiger charge is -2.36. The molecule has 2 aromatic rings. The van der Waals surface area contributed by atoms with Gasteiger partial charge < -0.3 is 19.9 Å². The molecule has 6 nitrogen and oxygen atoms in total. The number of carbonyl (C=O) groups excluding carboxylic acids is 1. The molecule has 0 aliphatic carbocycles. The fraction of sp³-hybridized carbons (Fsp3) is 0.333. The molecule has 1 heterocycles. The largest absolute Gasteiger partial charge is 0.496 e. The quantitative estimate of drug-likeness (QED) is 0.886. The van der Waals surface area contributed by atoms with Gasteiger partial charge >= 0.3 is 6.03 Å². The highest BCUT2D eigenvalue weighted by atomic mass is 16.5. The lowest BCUT2D eigenvalue weighted by Crippen LogP contribution is -2.52. The fourth-order valence-corrected chi connectivity index (χ4v) is 3.32. The monoisotopic (exact) mass is 364 g/mol. The van der Waals surface area contributed by atoms with Crippen LogP contribution in [0, 0.1) is 11.3 Å². The Balaban J connectivity index is 1.48. The number of rotatable bonds is 5. The summed E-state index contributed by atoms with van der Waals surface area (Å²) >= 11 is 0. The van der Waals surface area contributed by atoms with Crippen LogP contribution in [-0.2, 0) is 6.42 Å². The SMILES string of the molecule is COc1ccccc1CCNC(=O)N1CCN(c2ccccc2C#N)CC1. The molecule has 140 valence electrons.